The lowest BCUT2D eigenvalue weighted by molar-refractivity contribution is 0.0665. The van der Waals surface area contributed by atoms with Gasteiger partial charge in [-0.1, -0.05) is 6.92 Å². The van der Waals surface area contributed by atoms with E-state index in [4.69, 9.17) is 22.8 Å². The molecule has 0 saturated carbocycles. The van der Waals surface area contributed by atoms with Crippen molar-refractivity contribution >= 4 is 8.80 Å². The monoisotopic (exact) mass is 250 g/mol. The molecule has 0 bridgehead atoms. The minimum absolute atomic E-state index is 0.172. The molecule has 0 aromatic heterocycles. The molecule has 96 valence electrons. The fourth-order valence-corrected chi connectivity index (χ4v) is 4.05. The smallest absolute Gasteiger partial charge is 0.378 e. The Hall–Kier alpha value is 0.0169. The second-order valence-corrected chi connectivity index (χ2v) is 7.06. The third-order valence-electron chi connectivity index (χ3n) is 2.87. The number of hydrogen-bond acceptors (Lipinski definition) is 5. The van der Waals surface area contributed by atoms with E-state index >= 15 is 0 Å². The highest BCUT2D eigenvalue weighted by Crippen LogP contribution is 2.28. The van der Waals surface area contributed by atoms with Crippen LogP contribution in [0.3, 0.4) is 0 Å². The maximum absolute atomic E-state index is 5.59. The van der Waals surface area contributed by atoms with Crippen LogP contribution in [-0.4, -0.2) is 56.1 Å². The van der Waals surface area contributed by atoms with Gasteiger partial charge in [0.1, 0.15) is 6.10 Å². The van der Waals surface area contributed by atoms with E-state index in [0.29, 0.717) is 19.3 Å². The van der Waals surface area contributed by atoms with Gasteiger partial charge < -0.3 is 22.8 Å². The number of hydrogen-bond donors (Lipinski definition) is 0. The van der Waals surface area contributed by atoms with Gasteiger partial charge in [-0.3, -0.25) is 0 Å². The fraction of sp³-hybridized carbons (Fsp3) is 1.00. The molecule has 1 aliphatic heterocycles. The average molecular weight is 250 g/mol. The molecule has 0 aliphatic carbocycles. The first kappa shape index (κ1) is 14.1. The van der Waals surface area contributed by atoms with Gasteiger partial charge in [-0.05, 0) is 6.42 Å². The zero-order chi connectivity index (χ0) is 12.0. The molecule has 2 unspecified atom stereocenters. The van der Waals surface area contributed by atoms with Crippen molar-refractivity contribution in [3.63, 3.8) is 0 Å². The molecule has 0 N–H and O–H groups in total. The summed E-state index contributed by atoms with van der Waals surface area (Å²) in [5.41, 5.74) is 0.172. The van der Waals surface area contributed by atoms with Gasteiger partial charge in [-0.15, -0.1) is 0 Å². The Kier molecular flexibility index (Phi) is 5.88. The summed E-state index contributed by atoms with van der Waals surface area (Å²) in [7, 11) is 2.33. The Labute approximate surface area is 98.3 Å². The van der Waals surface area contributed by atoms with Gasteiger partial charge in [0.25, 0.3) is 0 Å². The Balaban J connectivity index is 2.41. The molecule has 5 nitrogen and oxygen atoms in total. The van der Waals surface area contributed by atoms with Crippen LogP contribution in [0, 0.1) is 0 Å². The first-order valence-electron chi connectivity index (χ1n) is 5.57. The molecule has 1 fully saturated rings. The van der Waals surface area contributed by atoms with Crippen molar-refractivity contribution in [3.8, 4) is 0 Å². The third kappa shape index (κ3) is 3.51. The van der Waals surface area contributed by atoms with E-state index in [9.17, 15) is 0 Å². The molecule has 0 aromatic carbocycles. The van der Waals surface area contributed by atoms with Gasteiger partial charge in [0.05, 0.1) is 25.4 Å². The molecule has 16 heavy (non-hydrogen) atoms. The van der Waals surface area contributed by atoms with Crippen molar-refractivity contribution < 1.29 is 22.8 Å². The third-order valence-corrected chi connectivity index (χ3v) is 6.15. The summed E-state index contributed by atoms with van der Waals surface area (Å²) in [6, 6.07) is 0. The van der Waals surface area contributed by atoms with Crippen LogP contribution in [0.15, 0.2) is 0 Å². The number of epoxide rings is 1. The molecule has 1 saturated heterocycles. The molecule has 2 atom stereocenters. The SMILES string of the molecule is CCC(COCC1CO1)[Si](OC)(OC)OC. The molecule has 1 heterocycles. The fourth-order valence-electron chi connectivity index (χ4n) is 1.73. The van der Waals surface area contributed by atoms with Crippen molar-refractivity contribution in [1.82, 2.24) is 0 Å². The van der Waals surface area contributed by atoms with E-state index < -0.39 is 8.80 Å². The molecule has 1 rings (SSSR count). The molecule has 0 radical (unpaired) electrons. The predicted octanol–water partition coefficient (Wildman–Crippen LogP) is 1.06. The maximum atomic E-state index is 5.59. The largest absolute Gasteiger partial charge is 0.505 e. The second kappa shape index (κ2) is 6.68. The van der Waals surface area contributed by atoms with Gasteiger partial charge in [-0.25, -0.2) is 0 Å². The Morgan fingerprint density at radius 3 is 2.19 bits per heavy atom. The Morgan fingerprint density at radius 2 is 1.81 bits per heavy atom. The van der Waals surface area contributed by atoms with E-state index in [1.807, 2.05) is 0 Å². The summed E-state index contributed by atoms with van der Waals surface area (Å²) in [4.78, 5) is 0. The number of ether oxygens (including phenoxy) is 2. The number of rotatable bonds is 9. The van der Waals surface area contributed by atoms with Crippen LogP contribution in [0.5, 0.6) is 0 Å². The summed E-state index contributed by atoms with van der Waals surface area (Å²) in [5.74, 6) is 0. The van der Waals surface area contributed by atoms with E-state index in [2.05, 4.69) is 6.92 Å². The highest BCUT2D eigenvalue weighted by molar-refractivity contribution is 6.62. The highest BCUT2D eigenvalue weighted by Gasteiger charge is 2.46. The van der Waals surface area contributed by atoms with Crippen molar-refractivity contribution in [2.45, 2.75) is 25.0 Å². The van der Waals surface area contributed by atoms with E-state index in [0.717, 1.165) is 13.0 Å². The molecule has 0 spiro atoms. The van der Waals surface area contributed by atoms with Crippen LogP contribution in [0.25, 0.3) is 0 Å². The Morgan fingerprint density at radius 1 is 1.25 bits per heavy atom. The van der Waals surface area contributed by atoms with Crippen LogP contribution < -0.4 is 0 Å². The van der Waals surface area contributed by atoms with Gasteiger partial charge in [-0.2, -0.15) is 0 Å². The lowest BCUT2D eigenvalue weighted by Crippen LogP contribution is -2.49. The predicted molar refractivity (Wildman–Crippen MR) is 61.4 cm³/mol. The van der Waals surface area contributed by atoms with Gasteiger partial charge in [0.15, 0.2) is 0 Å². The normalized spacial score (nSPS) is 22.1. The zero-order valence-corrected chi connectivity index (χ0v) is 11.5. The second-order valence-electron chi connectivity index (χ2n) is 3.81. The van der Waals surface area contributed by atoms with E-state index in [1.54, 1.807) is 21.3 Å². The Bertz CT molecular complexity index is 185. The summed E-state index contributed by atoms with van der Waals surface area (Å²) < 4.78 is 27.0. The zero-order valence-electron chi connectivity index (χ0n) is 10.5. The van der Waals surface area contributed by atoms with Gasteiger partial charge in [0, 0.05) is 21.3 Å². The standard InChI is InChI=1S/C10H22O5Si/c1-5-10(8-14-6-9-7-15-9)16(11-2,12-3)13-4/h9-10H,5-8H2,1-4H3. The molecular weight excluding hydrogens is 228 g/mol. The molecular formula is C10H22O5Si. The van der Waals surface area contributed by atoms with Crippen LogP contribution in [0.1, 0.15) is 13.3 Å². The van der Waals surface area contributed by atoms with Crippen LogP contribution in [0.2, 0.25) is 5.54 Å². The van der Waals surface area contributed by atoms with Crippen molar-refractivity contribution in [2.24, 2.45) is 0 Å². The lowest BCUT2D eigenvalue weighted by Gasteiger charge is -2.31. The van der Waals surface area contributed by atoms with Crippen LogP contribution >= 0.6 is 0 Å². The van der Waals surface area contributed by atoms with E-state index in [1.165, 1.54) is 0 Å². The molecule has 0 aromatic rings. The van der Waals surface area contributed by atoms with Crippen molar-refractivity contribution in [3.05, 3.63) is 0 Å². The first-order valence-corrected chi connectivity index (χ1v) is 7.37. The van der Waals surface area contributed by atoms with Gasteiger partial charge >= 0.3 is 8.80 Å². The minimum Gasteiger partial charge on any atom is -0.378 e. The molecule has 1 aliphatic rings. The average Bonchev–Trinajstić information content (AvgIpc) is 3.13. The van der Waals surface area contributed by atoms with E-state index in [-0.39, 0.29) is 5.54 Å². The lowest BCUT2D eigenvalue weighted by atomic mass is 10.3. The summed E-state index contributed by atoms with van der Waals surface area (Å²) in [5, 5.41) is 0. The van der Waals surface area contributed by atoms with Crippen molar-refractivity contribution in [1.29, 1.82) is 0 Å². The maximum Gasteiger partial charge on any atom is 0.505 e. The topological polar surface area (TPSA) is 49.5 Å². The molecule has 0 amide bonds. The van der Waals surface area contributed by atoms with Crippen LogP contribution in [-0.2, 0) is 22.8 Å². The summed E-state index contributed by atoms with van der Waals surface area (Å²) in [6.45, 7) is 4.15. The highest BCUT2D eigenvalue weighted by atomic mass is 28.4. The summed E-state index contributed by atoms with van der Waals surface area (Å²) in [6.07, 6.45) is 1.20. The first-order chi connectivity index (χ1) is 7.72. The van der Waals surface area contributed by atoms with Gasteiger partial charge in [0.2, 0.25) is 0 Å². The van der Waals surface area contributed by atoms with Crippen molar-refractivity contribution in [2.75, 3.05) is 41.2 Å². The summed E-state index contributed by atoms with van der Waals surface area (Å²) >= 11 is 0. The quantitative estimate of drug-likeness (QED) is 0.452. The molecule has 6 heteroatoms. The minimum atomic E-state index is -2.56. The van der Waals surface area contributed by atoms with Crippen LogP contribution in [0.4, 0.5) is 0 Å².